The van der Waals surface area contributed by atoms with Gasteiger partial charge in [-0.1, -0.05) is 78.9 Å². The summed E-state index contributed by atoms with van der Waals surface area (Å²) in [5.74, 6) is -4.76. The summed E-state index contributed by atoms with van der Waals surface area (Å²) >= 11 is 0. The molecule has 400 valence electrons. The number of benzene rings is 4. The predicted molar refractivity (Wildman–Crippen MR) is 285 cm³/mol. The molecular weight excluding hydrogens is 971 g/mol. The molecule has 0 aliphatic heterocycles. The molecule has 0 aromatic heterocycles. The molecule has 73 heavy (non-hydrogen) atoms. The summed E-state index contributed by atoms with van der Waals surface area (Å²) in [4.78, 5) is 69.3. The van der Waals surface area contributed by atoms with E-state index in [-0.39, 0.29) is 50.5 Å². The molecule has 4 aromatic carbocycles. The lowest BCUT2D eigenvalue weighted by molar-refractivity contribution is -0.157. The van der Waals surface area contributed by atoms with Gasteiger partial charge in [0, 0.05) is 13.0 Å². The Morgan fingerprint density at radius 2 is 1.22 bits per heavy atom. The van der Waals surface area contributed by atoms with Crippen molar-refractivity contribution in [1.82, 2.24) is 16.0 Å². The van der Waals surface area contributed by atoms with Gasteiger partial charge in [-0.05, 0) is 148 Å². The predicted octanol–water partition coefficient (Wildman–Crippen LogP) is 9.17. The maximum Gasteiger partial charge on any atom is 0.361 e. The van der Waals surface area contributed by atoms with Crippen molar-refractivity contribution in [3.63, 3.8) is 0 Å². The summed E-state index contributed by atoms with van der Waals surface area (Å²) < 4.78 is 56.4. The maximum absolute atomic E-state index is 14.8. The fourth-order valence-corrected chi connectivity index (χ4v) is 12.2. The molecule has 0 spiro atoms. The Morgan fingerprint density at radius 1 is 0.658 bits per heavy atom. The summed E-state index contributed by atoms with van der Waals surface area (Å²) in [5.41, 5.74) is 4.30. The quantitative estimate of drug-likeness (QED) is 0.0262. The summed E-state index contributed by atoms with van der Waals surface area (Å²) in [6, 6.07) is 26.0. The van der Waals surface area contributed by atoms with E-state index in [2.05, 4.69) is 16.0 Å². The minimum atomic E-state index is -3.68. The second-order valence-corrected chi connectivity index (χ2v) is 25.3. The fourth-order valence-electron chi connectivity index (χ4n) is 8.19. The Labute approximate surface area is 432 Å². The number of hydrogen-bond acceptors (Lipinski definition) is 12. The van der Waals surface area contributed by atoms with Crippen LogP contribution in [0.3, 0.4) is 0 Å². The van der Waals surface area contributed by atoms with Gasteiger partial charge in [-0.2, -0.15) is 0 Å². The lowest BCUT2D eigenvalue weighted by Crippen LogP contribution is -2.62. The SMILES string of the molecule is CCOP(=O)(OCC)c1ccc(C[C@](C)(NC(=O)[C@@H](CC(=O)OC(C)(C)C)Cc2ccc(CP(=O)(OC(C)(C)C)OC(C)(C)C)cc2)C(=O)N[C@@H](CC(N)=O)C(=O)NCCCc2cccc3ccccc23)cc1. The monoisotopic (exact) mass is 1050 g/mol. The molecule has 0 unspecified atom stereocenters. The number of rotatable bonds is 26. The first-order chi connectivity index (χ1) is 33.9. The van der Waals surface area contributed by atoms with Gasteiger partial charge in [0.25, 0.3) is 0 Å². The minimum absolute atomic E-state index is 0.0159. The normalized spacial score (nSPS) is 14.1. The van der Waals surface area contributed by atoms with E-state index in [9.17, 15) is 33.1 Å². The van der Waals surface area contributed by atoms with Crippen LogP contribution >= 0.6 is 15.2 Å². The number of carbonyl (C=O) groups is 5. The Balaban J connectivity index is 1.67. The largest absolute Gasteiger partial charge is 0.460 e. The first kappa shape index (κ1) is 60.3. The summed E-state index contributed by atoms with van der Waals surface area (Å²) in [6.07, 6.45) is 0.115. The number of amides is 4. The third-order valence-corrected chi connectivity index (χ3v) is 15.6. The maximum atomic E-state index is 14.8. The van der Waals surface area contributed by atoms with Crippen molar-refractivity contribution in [2.75, 3.05) is 19.8 Å². The molecule has 3 atom stereocenters. The fraction of sp³-hybridized carbons (Fsp3) is 0.509. The van der Waals surface area contributed by atoms with Gasteiger partial charge < -0.3 is 44.5 Å². The summed E-state index contributed by atoms with van der Waals surface area (Å²) in [5, 5.41) is 10.9. The highest BCUT2D eigenvalue weighted by atomic mass is 31.2. The smallest absolute Gasteiger partial charge is 0.361 e. The van der Waals surface area contributed by atoms with Crippen molar-refractivity contribution >= 4 is 60.9 Å². The van der Waals surface area contributed by atoms with Crippen LogP contribution in [-0.4, -0.2) is 77.7 Å². The standard InChI is InChI=1S/C55H78N4O12P2/c1-13-67-73(66,68-14-2)44-30-28-39(29-31-44)36-55(12,51(64)58-46(35-47(56)60)50(63)57-32-18-22-42-21-17-20-41-19-15-16-23-45(41)42)59-49(62)43(34-48(61)69-52(3,4)5)33-38-24-26-40(27-25-38)37-72(65,70-53(6,7)8)71-54(9,10)11/h15-17,19-21,23-31,43,46H,13-14,18,22,32-37H2,1-12H3,(H2,56,60)(H,57,63)(H,58,64)(H,59,62)/t43-,46+,55+/m1/s1. The second kappa shape index (κ2) is 25.8. The topological polar surface area (TPSA) is 228 Å². The van der Waals surface area contributed by atoms with Crippen molar-refractivity contribution in [3.05, 3.63) is 113 Å². The van der Waals surface area contributed by atoms with Gasteiger partial charge in [0.1, 0.15) is 17.2 Å². The van der Waals surface area contributed by atoms with E-state index >= 15 is 0 Å². The Bertz CT molecular complexity index is 2580. The van der Waals surface area contributed by atoms with Crippen molar-refractivity contribution in [2.24, 2.45) is 11.7 Å². The Hall–Kier alpha value is -5.21. The number of nitrogens with one attached hydrogen (secondary N) is 3. The van der Waals surface area contributed by atoms with Crippen LogP contribution in [0, 0.1) is 5.92 Å². The van der Waals surface area contributed by atoms with E-state index in [0.29, 0.717) is 29.5 Å². The highest BCUT2D eigenvalue weighted by Gasteiger charge is 2.41. The molecule has 0 radical (unpaired) electrons. The van der Waals surface area contributed by atoms with Gasteiger partial charge in [0.15, 0.2) is 0 Å². The number of fused-ring (bicyclic) bond motifs is 1. The molecule has 0 bridgehead atoms. The molecule has 4 aromatic rings. The van der Waals surface area contributed by atoms with E-state index in [1.165, 1.54) is 6.92 Å². The van der Waals surface area contributed by atoms with Crippen LogP contribution in [0.4, 0.5) is 0 Å². The van der Waals surface area contributed by atoms with E-state index in [1.807, 2.05) is 42.5 Å². The van der Waals surface area contributed by atoms with Gasteiger partial charge in [0.05, 0.1) is 54.6 Å². The molecule has 16 nitrogen and oxygen atoms in total. The van der Waals surface area contributed by atoms with E-state index < -0.39 is 85.5 Å². The molecule has 0 aliphatic rings. The Kier molecular flexibility index (Phi) is 21.4. The van der Waals surface area contributed by atoms with Crippen LogP contribution < -0.4 is 27.0 Å². The number of primary amides is 1. The molecule has 0 heterocycles. The van der Waals surface area contributed by atoms with Gasteiger partial charge >= 0.3 is 21.2 Å². The minimum Gasteiger partial charge on any atom is -0.460 e. The number of ether oxygens (including phenoxy) is 1. The van der Waals surface area contributed by atoms with Crippen LogP contribution in [-0.2, 0) is 81.4 Å². The van der Waals surface area contributed by atoms with Crippen molar-refractivity contribution in [1.29, 1.82) is 0 Å². The summed E-state index contributed by atoms with van der Waals surface area (Å²) in [7, 11) is -7.34. The van der Waals surface area contributed by atoms with Crippen LogP contribution in [0.15, 0.2) is 91.0 Å². The molecular formula is C55H78N4O12P2. The molecule has 0 saturated heterocycles. The third-order valence-electron chi connectivity index (χ3n) is 11.0. The van der Waals surface area contributed by atoms with Crippen LogP contribution in [0.5, 0.6) is 0 Å². The zero-order chi connectivity index (χ0) is 54.4. The molecule has 4 amide bonds. The van der Waals surface area contributed by atoms with Crippen LogP contribution in [0.1, 0.15) is 125 Å². The number of aryl methyl sites for hydroxylation is 1. The summed E-state index contributed by atoms with van der Waals surface area (Å²) in [6.45, 7) is 21.3. The second-order valence-electron chi connectivity index (χ2n) is 21.4. The van der Waals surface area contributed by atoms with Crippen molar-refractivity contribution in [2.45, 2.75) is 156 Å². The number of nitrogens with two attached hydrogens (primary N) is 1. The molecule has 0 aliphatic carbocycles. The van der Waals surface area contributed by atoms with Crippen LogP contribution in [0.25, 0.3) is 10.8 Å². The lowest BCUT2D eigenvalue weighted by Gasteiger charge is -2.33. The highest BCUT2D eigenvalue weighted by Crippen LogP contribution is 2.57. The first-order valence-electron chi connectivity index (χ1n) is 24.9. The first-order valence-corrected chi connectivity index (χ1v) is 28.2. The number of carbonyl (C=O) groups excluding carboxylic acids is 5. The molecule has 18 heteroatoms. The van der Waals surface area contributed by atoms with Crippen molar-refractivity contribution in [3.8, 4) is 0 Å². The van der Waals surface area contributed by atoms with Gasteiger partial charge in [-0.3, -0.25) is 33.1 Å². The van der Waals surface area contributed by atoms with E-state index in [0.717, 1.165) is 16.3 Å². The van der Waals surface area contributed by atoms with Crippen molar-refractivity contribution < 1.29 is 55.9 Å². The van der Waals surface area contributed by atoms with Gasteiger partial charge in [-0.15, -0.1) is 0 Å². The zero-order valence-corrected chi connectivity index (χ0v) is 46.5. The molecule has 0 fully saturated rings. The van der Waals surface area contributed by atoms with E-state index in [1.54, 1.807) is 125 Å². The average molecular weight is 1050 g/mol. The molecule has 4 rings (SSSR count). The number of hydrogen-bond donors (Lipinski definition) is 4. The zero-order valence-electron chi connectivity index (χ0n) is 44.8. The molecule has 5 N–H and O–H groups in total. The lowest BCUT2D eigenvalue weighted by atomic mass is 9.88. The van der Waals surface area contributed by atoms with Gasteiger partial charge in [0.2, 0.25) is 23.6 Å². The number of esters is 1. The average Bonchev–Trinajstić information content (AvgIpc) is 3.26. The van der Waals surface area contributed by atoms with E-state index in [4.69, 9.17) is 28.6 Å². The Morgan fingerprint density at radius 3 is 1.78 bits per heavy atom. The highest BCUT2D eigenvalue weighted by molar-refractivity contribution is 7.62. The van der Waals surface area contributed by atoms with Crippen LogP contribution in [0.2, 0.25) is 0 Å². The third kappa shape index (κ3) is 19.9. The molecule has 0 saturated carbocycles. The van der Waals surface area contributed by atoms with Gasteiger partial charge in [-0.25, -0.2) is 0 Å².